The molecule has 6 aromatic carbocycles. The van der Waals surface area contributed by atoms with Gasteiger partial charge in [0.25, 0.3) is 0 Å². The van der Waals surface area contributed by atoms with Crippen molar-refractivity contribution in [2.24, 2.45) is 0 Å². The number of aromatic amines is 3. The number of fused-ring (bicyclic) bond motifs is 3. The van der Waals surface area contributed by atoms with Crippen LogP contribution >= 0.6 is 0 Å². The Morgan fingerprint density at radius 3 is 0.800 bits per heavy atom. The standard InChI is InChI=1S/C79H91N9O12/c1-46-58(55-22-16-19-25-61(55)80-46)40-64(89)86-77(13,43-67(92)98-74(4,5)6)71(95)83-52-34-28-49(29-35-52)70(50-30-36-53(37-31-50)84-72(96)78(14,44-68(93)99-75(7,8)9)87-65(90)41-59-47(2)81-62-26-20-17-23-56(59)62)51-32-38-54(39-33-51)85-73(97)79(15,45-69(94)100-76(10,11)12)88-66(91)42-60-48(3)82-63-27-21-18-24-57(60)63/h16-39,70,80-82H,40-45H2,1-15H3,(H,83,95)(H,84,96)(H,85,97)(H,86,89)(H,87,90)(H,88,91)/t77-,78-,79-/m1/s1. The van der Waals surface area contributed by atoms with E-state index >= 15 is 0 Å². The lowest BCUT2D eigenvalue weighted by molar-refractivity contribution is -0.159. The van der Waals surface area contributed by atoms with Crippen molar-refractivity contribution in [3.8, 4) is 0 Å². The zero-order valence-electron chi connectivity index (χ0n) is 59.6. The minimum absolute atomic E-state index is 0.0824. The number of carbonyl (C=O) groups excluding carboxylic acids is 9. The molecule has 100 heavy (non-hydrogen) atoms. The Morgan fingerprint density at radius 1 is 0.340 bits per heavy atom. The molecule has 0 fully saturated rings. The molecule has 0 spiro atoms. The molecule has 6 amide bonds. The van der Waals surface area contributed by atoms with Crippen LogP contribution in [0.2, 0.25) is 0 Å². The second-order valence-electron chi connectivity index (χ2n) is 29.4. The van der Waals surface area contributed by atoms with Gasteiger partial charge in [-0.3, -0.25) is 43.2 Å². The molecule has 3 aromatic heterocycles. The largest absolute Gasteiger partial charge is 0.460 e. The summed E-state index contributed by atoms with van der Waals surface area (Å²) in [6.07, 6.45) is -1.72. The van der Waals surface area contributed by atoms with Crippen LogP contribution in [-0.2, 0) is 76.6 Å². The van der Waals surface area contributed by atoms with Gasteiger partial charge in [-0.2, -0.15) is 0 Å². The van der Waals surface area contributed by atoms with E-state index < -0.39 is 112 Å². The van der Waals surface area contributed by atoms with E-state index in [1.165, 1.54) is 20.8 Å². The number of aryl methyl sites for hydroxylation is 3. The van der Waals surface area contributed by atoms with Gasteiger partial charge in [0.1, 0.15) is 33.4 Å². The zero-order valence-corrected chi connectivity index (χ0v) is 59.6. The number of ether oxygens (including phenoxy) is 3. The van der Waals surface area contributed by atoms with Crippen LogP contribution in [0.5, 0.6) is 0 Å². The number of anilines is 3. The van der Waals surface area contributed by atoms with E-state index in [0.717, 1.165) is 66.5 Å². The average Bonchev–Trinajstić information content (AvgIpc) is 1.23. The van der Waals surface area contributed by atoms with Crippen LogP contribution in [0.15, 0.2) is 146 Å². The quantitative estimate of drug-likeness (QED) is 0.0155. The van der Waals surface area contributed by atoms with Gasteiger partial charge in [0.2, 0.25) is 35.4 Å². The van der Waals surface area contributed by atoms with E-state index in [4.69, 9.17) is 14.2 Å². The van der Waals surface area contributed by atoms with Gasteiger partial charge in [-0.25, -0.2) is 0 Å². The topological polar surface area (TPSA) is 301 Å². The Kier molecular flexibility index (Phi) is 21.5. The average molecular weight is 1360 g/mol. The normalized spacial score (nSPS) is 13.7. The Hall–Kier alpha value is -10.8. The second kappa shape index (κ2) is 29.3. The van der Waals surface area contributed by atoms with E-state index in [0.29, 0.717) is 33.8 Å². The lowest BCUT2D eigenvalue weighted by Crippen LogP contribution is -2.56. The molecule has 21 heteroatoms. The maximum Gasteiger partial charge on any atom is 0.309 e. The van der Waals surface area contributed by atoms with E-state index in [1.54, 1.807) is 135 Å². The van der Waals surface area contributed by atoms with Crippen molar-refractivity contribution >= 4 is 103 Å². The molecule has 0 bridgehead atoms. The number of hydrogen-bond donors (Lipinski definition) is 9. The summed E-state index contributed by atoms with van der Waals surface area (Å²) >= 11 is 0. The summed E-state index contributed by atoms with van der Waals surface area (Å²) < 4.78 is 17.0. The third-order valence-electron chi connectivity index (χ3n) is 17.1. The number of benzene rings is 6. The van der Waals surface area contributed by atoms with Gasteiger partial charge >= 0.3 is 17.9 Å². The smallest absolute Gasteiger partial charge is 0.309 e. The van der Waals surface area contributed by atoms with E-state index in [2.05, 4.69) is 46.9 Å². The molecular formula is C79H91N9O12. The number of rotatable bonds is 24. The molecule has 9 rings (SSSR count). The SMILES string of the molecule is Cc1[nH]c2ccccc2c1CC(=O)N[C@](C)(CC(=O)OC(C)(C)C)C(=O)Nc1ccc(C(c2ccc(NC(=O)[C@@](C)(CC(=O)OC(C)(C)C)NC(=O)Cc3c(C)[nH]c4ccccc34)cc2)c2ccc(NC(=O)[C@@](C)(CC(=O)OC(C)(C)C)NC(=O)Cc3c(C)[nH]c4ccccc34)cc2)cc1. The van der Waals surface area contributed by atoms with Crippen molar-refractivity contribution in [1.29, 1.82) is 0 Å². The third kappa shape index (κ3) is 18.5. The predicted molar refractivity (Wildman–Crippen MR) is 387 cm³/mol. The highest BCUT2D eigenvalue weighted by molar-refractivity contribution is 6.06. The fraction of sp³-hybridized carbons (Fsp3) is 0.354. The molecule has 9 N–H and O–H groups in total. The minimum atomic E-state index is -1.79. The summed E-state index contributed by atoms with van der Waals surface area (Å²) in [5, 5.41) is 19.9. The van der Waals surface area contributed by atoms with Crippen LogP contribution in [0.1, 0.15) is 159 Å². The molecule has 0 unspecified atom stereocenters. The van der Waals surface area contributed by atoms with Gasteiger partial charge in [-0.1, -0.05) is 91.0 Å². The van der Waals surface area contributed by atoms with Gasteiger partial charge in [0.05, 0.1) is 38.5 Å². The number of nitrogens with one attached hydrogen (secondary N) is 9. The molecule has 0 aliphatic carbocycles. The van der Waals surface area contributed by atoms with Crippen LogP contribution in [0, 0.1) is 20.8 Å². The summed E-state index contributed by atoms with van der Waals surface area (Å²) in [7, 11) is 0. The third-order valence-corrected chi connectivity index (χ3v) is 17.1. The fourth-order valence-electron chi connectivity index (χ4n) is 12.4. The Balaban J connectivity index is 1.01. The number of para-hydroxylation sites is 3. The molecule has 0 radical (unpaired) electrons. The Labute approximate surface area is 582 Å². The van der Waals surface area contributed by atoms with Gasteiger partial charge in [-0.05, 0) is 192 Å². The van der Waals surface area contributed by atoms with Crippen molar-refractivity contribution in [3.63, 3.8) is 0 Å². The van der Waals surface area contributed by atoms with Crippen LogP contribution in [0.3, 0.4) is 0 Å². The van der Waals surface area contributed by atoms with Crippen molar-refractivity contribution in [2.75, 3.05) is 16.0 Å². The van der Waals surface area contributed by atoms with Crippen molar-refractivity contribution in [3.05, 3.63) is 196 Å². The van der Waals surface area contributed by atoms with Crippen LogP contribution in [-0.4, -0.2) is 102 Å². The number of amides is 6. The first-order valence-corrected chi connectivity index (χ1v) is 33.4. The molecule has 3 atom stereocenters. The Morgan fingerprint density at radius 2 is 0.570 bits per heavy atom. The lowest BCUT2D eigenvalue weighted by Gasteiger charge is -2.30. The maximum atomic E-state index is 14.6. The van der Waals surface area contributed by atoms with Crippen molar-refractivity contribution in [2.45, 2.75) is 182 Å². The highest BCUT2D eigenvalue weighted by Gasteiger charge is 2.42. The molecule has 0 aliphatic rings. The van der Waals surface area contributed by atoms with Crippen LogP contribution < -0.4 is 31.9 Å². The summed E-state index contributed by atoms with van der Waals surface area (Å²) in [5.41, 5.74) is 2.24. The first kappa shape index (κ1) is 73.4. The molecular weight excluding hydrogens is 1270 g/mol. The molecule has 21 nitrogen and oxygen atoms in total. The first-order valence-electron chi connectivity index (χ1n) is 33.4. The van der Waals surface area contributed by atoms with E-state index in [1.807, 2.05) is 93.6 Å². The van der Waals surface area contributed by atoms with Crippen molar-refractivity contribution in [1.82, 2.24) is 30.9 Å². The number of hydrogen-bond acceptors (Lipinski definition) is 12. The van der Waals surface area contributed by atoms with Crippen molar-refractivity contribution < 1.29 is 57.4 Å². The molecule has 0 aliphatic heterocycles. The van der Waals surface area contributed by atoms with Gasteiger partial charge in [0.15, 0.2) is 0 Å². The lowest BCUT2D eigenvalue weighted by atomic mass is 9.85. The number of esters is 3. The molecule has 0 saturated heterocycles. The highest BCUT2D eigenvalue weighted by atomic mass is 16.6. The van der Waals surface area contributed by atoms with E-state index in [-0.39, 0.29) is 19.3 Å². The predicted octanol–water partition coefficient (Wildman–Crippen LogP) is 12.6. The molecule has 524 valence electrons. The molecule has 0 saturated carbocycles. The summed E-state index contributed by atoms with van der Waals surface area (Å²) in [5.74, 6) is -6.22. The first-order chi connectivity index (χ1) is 46.8. The maximum absolute atomic E-state index is 14.6. The number of H-pyrrole nitrogens is 3. The molecule has 3 heterocycles. The second-order valence-corrected chi connectivity index (χ2v) is 29.4. The number of carbonyl (C=O) groups is 9. The van der Waals surface area contributed by atoms with E-state index in [9.17, 15) is 43.2 Å². The van der Waals surface area contributed by atoms with Gasteiger partial charge in [0, 0.05) is 72.8 Å². The summed E-state index contributed by atoms with van der Waals surface area (Å²) in [6, 6.07) is 43.7. The summed E-state index contributed by atoms with van der Waals surface area (Å²) in [4.78, 5) is 136. The summed E-state index contributed by atoms with van der Waals surface area (Å²) in [6.45, 7) is 25.4. The monoisotopic (exact) mass is 1360 g/mol. The zero-order chi connectivity index (χ0) is 72.9. The molecule has 9 aromatic rings. The minimum Gasteiger partial charge on any atom is -0.460 e. The van der Waals surface area contributed by atoms with Gasteiger partial charge in [-0.15, -0.1) is 0 Å². The van der Waals surface area contributed by atoms with Crippen LogP contribution in [0.4, 0.5) is 17.1 Å². The van der Waals surface area contributed by atoms with Crippen LogP contribution in [0.25, 0.3) is 32.7 Å². The van der Waals surface area contributed by atoms with Gasteiger partial charge < -0.3 is 61.1 Å². The Bertz CT molecular complexity index is 4120. The fourth-order valence-corrected chi connectivity index (χ4v) is 12.4. The highest BCUT2D eigenvalue weighted by Crippen LogP contribution is 2.36. The number of aromatic nitrogens is 3.